The fourth-order valence-electron chi connectivity index (χ4n) is 2.43. The second-order valence-electron chi connectivity index (χ2n) is 8.42. The van der Waals surface area contributed by atoms with Crippen LogP contribution in [0.1, 0.15) is 72.9 Å². The van der Waals surface area contributed by atoms with Crippen LogP contribution in [0.3, 0.4) is 0 Å². The zero-order valence-corrected chi connectivity index (χ0v) is 17.0. The van der Waals surface area contributed by atoms with Crippen LogP contribution in [0.4, 0.5) is 0 Å². The van der Waals surface area contributed by atoms with Gasteiger partial charge in [-0.25, -0.2) is 4.79 Å². The number of hydrogen-bond acceptors (Lipinski definition) is 4. The molecule has 140 valence electrons. The molecule has 0 atom stereocenters. The summed E-state index contributed by atoms with van der Waals surface area (Å²) in [4.78, 5) is 12.5. The van der Waals surface area contributed by atoms with Crippen LogP contribution >= 0.6 is 0 Å². The molecule has 0 saturated carbocycles. The van der Waals surface area contributed by atoms with E-state index in [1.807, 2.05) is 19.1 Å². The number of benzene rings is 1. The van der Waals surface area contributed by atoms with Crippen molar-refractivity contribution >= 4 is 5.97 Å². The zero-order valence-electron chi connectivity index (χ0n) is 17.0. The highest BCUT2D eigenvalue weighted by Crippen LogP contribution is 2.42. The first-order chi connectivity index (χ1) is 11.3. The SMILES string of the molecule is CC/C(C)=C(\O)C(=O)Oc1c(C(C)(C)C)cc(OC)cc1C(C)(C)C. The van der Waals surface area contributed by atoms with Crippen LogP contribution in [0.25, 0.3) is 0 Å². The number of methoxy groups -OCH3 is 1. The first kappa shape index (κ1) is 21.1. The molecular weight excluding hydrogens is 316 g/mol. The van der Waals surface area contributed by atoms with E-state index in [1.54, 1.807) is 14.0 Å². The van der Waals surface area contributed by atoms with Gasteiger partial charge in [0.2, 0.25) is 5.76 Å². The Labute approximate surface area is 151 Å². The molecule has 25 heavy (non-hydrogen) atoms. The highest BCUT2D eigenvalue weighted by atomic mass is 16.5. The van der Waals surface area contributed by atoms with Crippen molar-refractivity contribution in [2.75, 3.05) is 7.11 Å². The van der Waals surface area contributed by atoms with Crippen molar-refractivity contribution in [3.05, 3.63) is 34.6 Å². The van der Waals surface area contributed by atoms with Crippen LogP contribution in [-0.2, 0) is 15.6 Å². The van der Waals surface area contributed by atoms with E-state index >= 15 is 0 Å². The third kappa shape index (κ3) is 5.00. The maximum Gasteiger partial charge on any atom is 0.378 e. The molecule has 0 unspecified atom stereocenters. The highest BCUT2D eigenvalue weighted by Gasteiger charge is 2.30. The Bertz CT molecular complexity index is 635. The fraction of sp³-hybridized carbons (Fsp3) is 0.571. The molecule has 0 heterocycles. The molecule has 1 N–H and O–H groups in total. The summed E-state index contributed by atoms with van der Waals surface area (Å²) >= 11 is 0. The summed E-state index contributed by atoms with van der Waals surface area (Å²) in [5.41, 5.74) is 1.82. The number of aliphatic hydroxyl groups excluding tert-OH is 1. The van der Waals surface area contributed by atoms with Crippen molar-refractivity contribution < 1.29 is 19.4 Å². The average Bonchev–Trinajstić information content (AvgIpc) is 2.51. The summed E-state index contributed by atoms with van der Waals surface area (Å²) in [7, 11) is 1.62. The highest BCUT2D eigenvalue weighted by molar-refractivity contribution is 5.89. The van der Waals surface area contributed by atoms with Crippen LogP contribution in [0.15, 0.2) is 23.5 Å². The van der Waals surface area contributed by atoms with E-state index in [1.165, 1.54) is 0 Å². The predicted octanol–water partition coefficient (Wildman–Crippen LogP) is 5.44. The summed E-state index contributed by atoms with van der Waals surface area (Å²) in [5, 5.41) is 10.1. The summed E-state index contributed by atoms with van der Waals surface area (Å²) in [6.45, 7) is 15.9. The zero-order chi connectivity index (χ0) is 19.6. The van der Waals surface area contributed by atoms with Gasteiger partial charge in [-0.05, 0) is 41.9 Å². The van der Waals surface area contributed by atoms with E-state index in [4.69, 9.17) is 9.47 Å². The minimum Gasteiger partial charge on any atom is -0.502 e. The van der Waals surface area contributed by atoms with Gasteiger partial charge in [0.25, 0.3) is 0 Å². The monoisotopic (exact) mass is 348 g/mol. The van der Waals surface area contributed by atoms with Gasteiger partial charge in [0.05, 0.1) is 7.11 Å². The first-order valence-corrected chi connectivity index (χ1v) is 8.66. The topological polar surface area (TPSA) is 55.8 Å². The van der Waals surface area contributed by atoms with E-state index in [9.17, 15) is 9.90 Å². The molecule has 0 bridgehead atoms. The Hall–Kier alpha value is -1.97. The minimum absolute atomic E-state index is 0.261. The Morgan fingerprint density at radius 3 is 1.80 bits per heavy atom. The first-order valence-electron chi connectivity index (χ1n) is 8.66. The quantitative estimate of drug-likeness (QED) is 0.341. The molecule has 0 aromatic heterocycles. The van der Waals surface area contributed by atoms with Crippen molar-refractivity contribution in [2.45, 2.75) is 72.6 Å². The number of carbonyl (C=O) groups excluding carboxylic acids is 1. The maximum absolute atomic E-state index is 12.5. The molecule has 4 heteroatoms. The molecule has 4 nitrogen and oxygen atoms in total. The second-order valence-corrected chi connectivity index (χ2v) is 8.42. The fourth-order valence-corrected chi connectivity index (χ4v) is 2.43. The lowest BCUT2D eigenvalue weighted by Gasteiger charge is -2.29. The van der Waals surface area contributed by atoms with Gasteiger partial charge in [-0.15, -0.1) is 0 Å². The van der Waals surface area contributed by atoms with Crippen molar-refractivity contribution in [1.82, 2.24) is 0 Å². The molecule has 0 aliphatic heterocycles. The number of ether oxygens (including phenoxy) is 2. The Morgan fingerprint density at radius 1 is 1.04 bits per heavy atom. The van der Waals surface area contributed by atoms with Gasteiger partial charge in [0, 0.05) is 11.1 Å². The van der Waals surface area contributed by atoms with Crippen molar-refractivity contribution in [1.29, 1.82) is 0 Å². The van der Waals surface area contributed by atoms with E-state index in [2.05, 4.69) is 41.5 Å². The van der Waals surface area contributed by atoms with Gasteiger partial charge in [0.1, 0.15) is 11.5 Å². The number of allylic oxidation sites excluding steroid dienone is 1. The molecule has 0 radical (unpaired) electrons. The van der Waals surface area contributed by atoms with Gasteiger partial charge in [-0.1, -0.05) is 48.5 Å². The molecule has 0 aliphatic carbocycles. The van der Waals surface area contributed by atoms with E-state index in [0.717, 1.165) is 16.9 Å². The van der Waals surface area contributed by atoms with Gasteiger partial charge in [0.15, 0.2) is 0 Å². The molecule has 0 aliphatic rings. The molecule has 1 aromatic carbocycles. The van der Waals surface area contributed by atoms with Gasteiger partial charge < -0.3 is 14.6 Å². The van der Waals surface area contributed by atoms with E-state index < -0.39 is 5.97 Å². The normalized spacial score (nSPS) is 13.3. The predicted molar refractivity (Wildman–Crippen MR) is 102 cm³/mol. The third-order valence-corrected chi connectivity index (χ3v) is 4.24. The van der Waals surface area contributed by atoms with E-state index in [0.29, 0.717) is 17.7 Å². The van der Waals surface area contributed by atoms with Crippen molar-refractivity contribution in [3.8, 4) is 11.5 Å². The molecule has 1 aromatic rings. The summed E-state index contributed by atoms with van der Waals surface area (Å²) < 4.78 is 11.2. The minimum atomic E-state index is -0.722. The smallest absolute Gasteiger partial charge is 0.378 e. The molecule has 0 fully saturated rings. The molecule has 0 saturated heterocycles. The van der Waals surface area contributed by atoms with Gasteiger partial charge in [-0.2, -0.15) is 0 Å². The maximum atomic E-state index is 12.5. The van der Waals surface area contributed by atoms with Gasteiger partial charge >= 0.3 is 5.97 Å². The van der Waals surface area contributed by atoms with Crippen LogP contribution in [-0.4, -0.2) is 18.2 Å². The lowest BCUT2D eigenvalue weighted by atomic mass is 9.79. The lowest BCUT2D eigenvalue weighted by Crippen LogP contribution is -2.23. The van der Waals surface area contributed by atoms with Gasteiger partial charge in [-0.3, -0.25) is 0 Å². The molecule has 1 rings (SSSR count). The molecule has 0 spiro atoms. The Balaban J connectivity index is 3.63. The molecule has 0 amide bonds. The van der Waals surface area contributed by atoms with Crippen LogP contribution in [0.2, 0.25) is 0 Å². The van der Waals surface area contributed by atoms with Crippen LogP contribution in [0.5, 0.6) is 11.5 Å². The Kier molecular flexibility index (Phi) is 6.33. The number of aliphatic hydroxyl groups is 1. The van der Waals surface area contributed by atoms with Crippen molar-refractivity contribution in [2.24, 2.45) is 0 Å². The standard InChI is InChI=1S/C21H32O4/c1-10-13(2)17(22)19(23)25-18-15(20(3,4)5)11-14(24-9)12-16(18)21(6,7)8/h11-12,22H,10H2,1-9H3/b17-13-. The number of hydrogen-bond donors (Lipinski definition) is 1. The largest absolute Gasteiger partial charge is 0.502 e. The van der Waals surface area contributed by atoms with Crippen LogP contribution in [0, 0.1) is 0 Å². The average molecular weight is 348 g/mol. The number of esters is 1. The Morgan fingerprint density at radius 2 is 1.48 bits per heavy atom. The summed E-state index contributed by atoms with van der Waals surface area (Å²) in [6.07, 6.45) is 0.585. The van der Waals surface area contributed by atoms with Crippen molar-refractivity contribution in [3.63, 3.8) is 0 Å². The summed E-state index contributed by atoms with van der Waals surface area (Å²) in [5.74, 6) is 0.180. The number of rotatable bonds is 4. The van der Waals surface area contributed by atoms with E-state index in [-0.39, 0.29) is 16.6 Å². The van der Waals surface area contributed by atoms with Crippen LogP contribution < -0.4 is 9.47 Å². The summed E-state index contributed by atoms with van der Waals surface area (Å²) in [6, 6.07) is 3.79. The molecular formula is C21H32O4. The third-order valence-electron chi connectivity index (χ3n) is 4.24. The number of carbonyl (C=O) groups is 1. The lowest BCUT2D eigenvalue weighted by molar-refractivity contribution is -0.133. The second kappa shape index (κ2) is 7.51.